The third-order valence-electron chi connectivity index (χ3n) is 3.37. The van der Waals surface area contributed by atoms with E-state index in [0.717, 1.165) is 29.9 Å². The van der Waals surface area contributed by atoms with Gasteiger partial charge < -0.3 is 10.1 Å². The van der Waals surface area contributed by atoms with Crippen molar-refractivity contribution in [1.82, 2.24) is 5.32 Å². The lowest BCUT2D eigenvalue weighted by atomic mass is 10.3. The molecule has 1 aromatic carbocycles. The minimum atomic E-state index is -0.913. The van der Waals surface area contributed by atoms with E-state index in [2.05, 4.69) is 5.32 Å². The second-order valence-electron chi connectivity index (χ2n) is 4.40. The molecule has 3 atom stereocenters. The van der Waals surface area contributed by atoms with Gasteiger partial charge in [-0.25, -0.2) is 0 Å². The average molecular weight is 253 g/mol. The Labute approximate surface area is 105 Å². The van der Waals surface area contributed by atoms with E-state index in [0.29, 0.717) is 6.04 Å². The Kier molecular flexibility index (Phi) is 4.18. The highest BCUT2D eigenvalue weighted by Crippen LogP contribution is 2.28. The minimum absolute atomic E-state index is 0.277. The Morgan fingerprint density at radius 3 is 2.88 bits per heavy atom. The molecule has 0 radical (unpaired) electrons. The van der Waals surface area contributed by atoms with Gasteiger partial charge in [0.15, 0.2) is 0 Å². The molecular weight excluding hydrogens is 234 g/mol. The molecular formula is C13H19NO2S. The van der Waals surface area contributed by atoms with E-state index in [-0.39, 0.29) is 5.25 Å². The van der Waals surface area contributed by atoms with E-state index in [1.165, 1.54) is 0 Å². The summed E-state index contributed by atoms with van der Waals surface area (Å²) in [6.07, 6.45) is 3.16. The molecule has 0 heterocycles. The first-order valence-electron chi connectivity index (χ1n) is 5.96. The van der Waals surface area contributed by atoms with E-state index >= 15 is 0 Å². The quantitative estimate of drug-likeness (QED) is 0.891. The number of ether oxygens (including phenoxy) is 1. The van der Waals surface area contributed by atoms with Crippen molar-refractivity contribution in [3.05, 3.63) is 24.3 Å². The molecule has 1 aromatic rings. The fraction of sp³-hybridized carbons (Fsp3) is 0.538. The van der Waals surface area contributed by atoms with Crippen LogP contribution in [-0.2, 0) is 10.8 Å². The first kappa shape index (κ1) is 12.6. The molecule has 0 aromatic heterocycles. The maximum Gasteiger partial charge on any atom is 0.120 e. The summed E-state index contributed by atoms with van der Waals surface area (Å²) in [5.41, 5.74) is 0. The number of methoxy groups -OCH3 is 1. The van der Waals surface area contributed by atoms with Crippen LogP contribution in [0.15, 0.2) is 29.2 Å². The van der Waals surface area contributed by atoms with Crippen LogP contribution in [0.1, 0.15) is 19.3 Å². The maximum atomic E-state index is 12.4. The predicted molar refractivity (Wildman–Crippen MR) is 69.9 cm³/mol. The third kappa shape index (κ3) is 2.87. The monoisotopic (exact) mass is 253 g/mol. The van der Waals surface area contributed by atoms with E-state index in [1.54, 1.807) is 7.11 Å². The molecule has 3 unspecified atom stereocenters. The second kappa shape index (κ2) is 5.65. The van der Waals surface area contributed by atoms with Crippen LogP contribution in [0.2, 0.25) is 0 Å². The highest BCUT2D eigenvalue weighted by molar-refractivity contribution is 7.85. The second-order valence-corrected chi connectivity index (χ2v) is 6.13. The Hall–Kier alpha value is -0.870. The van der Waals surface area contributed by atoms with Crippen molar-refractivity contribution in [2.75, 3.05) is 14.2 Å². The summed E-state index contributed by atoms with van der Waals surface area (Å²) in [5.74, 6) is 0.777. The van der Waals surface area contributed by atoms with Gasteiger partial charge in [0, 0.05) is 16.2 Å². The van der Waals surface area contributed by atoms with Crippen molar-refractivity contribution in [1.29, 1.82) is 0 Å². The fourth-order valence-corrected chi connectivity index (χ4v) is 3.90. The lowest BCUT2D eigenvalue weighted by Gasteiger charge is -2.11. The lowest BCUT2D eigenvalue weighted by molar-refractivity contribution is 0.413. The van der Waals surface area contributed by atoms with Crippen molar-refractivity contribution in [2.45, 2.75) is 35.4 Å². The standard InChI is InChI=1S/C13H19NO2S/c1-14-10-6-7-13(8-10)17(15)12-5-3-4-11(9-12)16-2/h3-5,9-10,13-14H,6-8H2,1-2H3. The number of hydrogen-bond acceptors (Lipinski definition) is 3. The summed E-state index contributed by atoms with van der Waals surface area (Å²) in [6, 6.07) is 8.10. The van der Waals surface area contributed by atoms with Gasteiger partial charge in [0.1, 0.15) is 5.75 Å². The van der Waals surface area contributed by atoms with Crippen molar-refractivity contribution >= 4 is 10.8 Å². The molecule has 1 saturated carbocycles. The van der Waals surface area contributed by atoms with Crippen LogP contribution in [-0.4, -0.2) is 29.7 Å². The van der Waals surface area contributed by atoms with Crippen LogP contribution < -0.4 is 10.1 Å². The number of hydrogen-bond donors (Lipinski definition) is 1. The molecule has 1 aliphatic rings. The van der Waals surface area contributed by atoms with Gasteiger partial charge in [-0.05, 0) is 44.5 Å². The zero-order valence-electron chi connectivity index (χ0n) is 10.3. The Morgan fingerprint density at radius 1 is 1.41 bits per heavy atom. The topological polar surface area (TPSA) is 38.3 Å². The zero-order chi connectivity index (χ0) is 12.3. The Morgan fingerprint density at radius 2 is 2.24 bits per heavy atom. The summed E-state index contributed by atoms with van der Waals surface area (Å²) in [5, 5.41) is 3.54. The van der Waals surface area contributed by atoms with Crippen LogP contribution in [0, 0.1) is 0 Å². The third-order valence-corrected chi connectivity index (χ3v) is 5.12. The zero-order valence-corrected chi connectivity index (χ0v) is 11.1. The van der Waals surface area contributed by atoms with Crippen molar-refractivity contribution in [3.63, 3.8) is 0 Å². The van der Waals surface area contributed by atoms with Crippen molar-refractivity contribution in [2.24, 2.45) is 0 Å². The van der Waals surface area contributed by atoms with E-state index in [1.807, 2.05) is 31.3 Å². The summed E-state index contributed by atoms with van der Waals surface area (Å²) < 4.78 is 17.6. The van der Waals surface area contributed by atoms with Gasteiger partial charge in [-0.3, -0.25) is 4.21 Å². The molecule has 17 heavy (non-hydrogen) atoms. The Balaban J connectivity index is 2.09. The molecule has 1 aliphatic carbocycles. The molecule has 0 saturated heterocycles. The molecule has 4 heteroatoms. The first-order chi connectivity index (χ1) is 8.24. The molecule has 0 aliphatic heterocycles. The van der Waals surface area contributed by atoms with Gasteiger partial charge in [0.25, 0.3) is 0 Å². The molecule has 3 nitrogen and oxygen atoms in total. The van der Waals surface area contributed by atoms with Gasteiger partial charge in [-0.2, -0.15) is 0 Å². The predicted octanol–water partition coefficient (Wildman–Crippen LogP) is 1.94. The summed E-state index contributed by atoms with van der Waals surface area (Å²) in [4.78, 5) is 0.881. The van der Waals surface area contributed by atoms with Crippen molar-refractivity contribution in [3.8, 4) is 5.75 Å². The van der Waals surface area contributed by atoms with Crippen LogP contribution in [0.5, 0.6) is 5.75 Å². The molecule has 1 fully saturated rings. The first-order valence-corrected chi connectivity index (χ1v) is 7.17. The fourth-order valence-electron chi connectivity index (χ4n) is 2.32. The van der Waals surface area contributed by atoms with Crippen LogP contribution in [0.25, 0.3) is 0 Å². The average Bonchev–Trinajstić information content (AvgIpc) is 2.86. The normalized spacial score (nSPS) is 25.8. The van der Waals surface area contributed by atoms with Crippen LogP contribution in [0.3, 0.4) is 0 Å². The highest BCUT2D eigenvalue weighted by atomic mass is 32.2. The number of benzene rings is 1. The van der Waals surface area contributed by atoms with Crippen LogP contribution in [0.4, 0.5) is 0 Å². The molecule has 0 bridgehead atoms. The number of nitrogens with one attached hydrogen (secondary N) is 1. The molecule has 0 spiro atoms. The van der Waals surface area contributed by atoms with Gasteiger partial charge in [0.05, 0.1) is 17.9 Å². The van der Waals surface area contributed by atoms with Gasteiger partial charge >= 0.3 is 0 Å². The molecule has 2 rings (SSSR count). The van der Waals surface area contributed by atoms with Gasteiger partial charge in [0.2, 0.25) is 0 Å². The summed E-state index contributed by atoms with van der Waals surface area (Å²) >= 11 is 0. The molecule has 94 valence electrons. The van der Waals surface area contributed by atoms with E-state index in [9.17, 15) is 4.21 Å². The minimum Gasteiger partial charge on any atom is -0.497 e. The summed E-state index contributed by atoms with van der Waals surface area (Å²) in [6.45, 7) is 0. The van der Waals surface area contributed by atoms with Gasteiger partial charge in [-0.1, -0.05) is 6.07 Å². The maximum absolute atomic E-state index is 12.4. The highest BCUT2D eigenvalue weighted by Gasteiger charge is 2.28. The van der Waals surface area contributed by atoms with E-state index < -0.39 is 10.8 Å². The SMILES string of the molecule is CNC1CCC(S(=O)c2cccc(OC)c2)C1. The van der Waals surface area contributed by atoms with Crippen LogP contribution >= 0.6 is 0 Å². The lowest BCUT2D eigenvalue weighted by Crippen LogP contribution is -2.23. The van der Waals surface area contributed by atoms with E-state index in [4.69, 9.17) is 4.74 Å². The van der Waals surface area contributed by atoms with Crippen molar-refractivity contribution < 1.29 is 8.95 Å². The molecule has 0 amide bonds. The van der Waals surface area contributed by atoms with Gasteiger partial charge in [-0.15, -0.1) is 0 Å². The summed E-state index contributed by atoms with van der Waals surface area (Å²) in [7, 11) is 2.69. The largest absolute Gasteiger partial charge is 0.497 e. The molecule has 1 N–H and O–H groups in total. The Bertz CT molecular complexity index is 408. The smallest absolute Gasteiger partial charge is 0.120 e. The number of rotatable bonds is 4.